The first-order valence-electron chi connectivity index (χ1n) is 6.18. The molecule has 2 N–H and O–H groups in total. The molecule has 0 atom stereocenters. The normalized spacial score (nSPS) is 11.1. The van der Waals surface area contributed by atoms with Crippen molar-refractivity contribution >= 4 is 21.5 Å². The third kappa shape index (κ3) is 7.63. The number of hydrogen-bond donors (Lipinski definition) is 1. The zero-order valence-corrected chi connectivity index (χ0v) is 12.2. The van der Waals surface area contributed by atoms with Gasteiger partial charge in [0.05, 0.1) is 25.4 Å². The molecule has 1 rings (SSSR count). The van der Waals surface area contributed by atoms with Crippen LogP contribution in [0.3, 0.4) is 0 Å². The minimum atomic E-state index is -3.01. The topological polar surface area (TPSA) is 95.7 Å². The second-order valence-corrected chi connectivity index (χ2v) is 6.63. The summed E-state index contributed by atoms with van der Waals surface area (Å²) in [6.07, 6.45) is 1.56. The minimum Gasteiger partial charge on any atom is -0.493 e. The molecule has 7 heteroatoms. The largest absolute Gasteiger partial charge is 0.493 e. The fourth-order valence-corrected chi connectivity index (χ4v) is 2.08. The van der Waals surface area contributed by atoms with Crippen molar-refractivity contribution in [3.8, 4) is 5.75 Å². The summed E-state index contributed by atoms with van der Waals surface area (Å²) in [4.78, 5) is 11.3. The maximum Gasteiger partial charge on any atom is 0.309 e. The number of hydrogen-bond acceptors (Lipinski definition) is 6. The highest BCUT2D eigenvalue weighted by molar-refractivity contribution is 7.90. The van der Waals surface area contributed by atoms with Gasteiger partial charge in [0, 0.05) is 18.0 Å². The Morgan fingerprint density at radius 3 is 2.70 bits per heavy atom. The second kappa shape index (κ2) is 7.74. The van der Waals surface area contributed by atoms with E-state index in [9.17, 15) is 13.2 Å². The number of sulfone groups is 1. The number of rotatable bonds is 8. The van der Waals surface area contributed by atoms with E-state index in [1.54, 1.807) is 24.3 Å². The zero-order valence-electron chi connectivity index (χ0n) is 11.4. The molecule has 0 saturated carbocycles. The van der Waals surface area contributed by atoms with Gasteiger partial charge in [-0.15, -0.1) is 0 Å². The maximum atomic E-state index is 11.3. The summed E-state index contributed by atoms with van der Waals surface area (Å²) in [7, 11) is -3.01. The van der Waals surface area contributed by atoms with Gasteiger partial charge in [-0.05, 0) is 18.6 Å². The maximum absolute atomic E-state index is 11.3. The van der Waals surface area contributed by atoms with Gasteiger partial charge in [0.15, 0.2) is 0 Å². The van der Waals surface area contributed by atoms with Crippen LogP contribution in [0.2, 0.25) is 0 Å². The molecular formula is C13H19NO5S. The Hall–Kier alpha value is -1.76. The monoisotopic (exact) mass is 301 g/mol. The number of ether oxygens (including phenoxy) is 2. The van der Waals surface area contributed by atoms with Crippen LogP contribution in [0.25, 0.3) is 0 Å². The van der Waals surface area contributed by atoms with E-state index in [4.69, 9.17) is 15.2 Å². The Kier molecular flexibility index (Phi) is 6.30. The Bertz CT molecular complexity index is 541. The van der Waals surface area contributed by atoms with Crippen molar-refractivity contribution in [1.82, 2.24) is 0 Å². The van der Waals surface area contributed by atoms with Crippen LogP contribution in [0.4, 0.5) is 5.69 Å². The molecule has 1 aromatic carbocycles. The fourth-order valence-electron chi connectivity index (χ4n) is 1.44. The molecule has 0 radical (unpaired) electrons. The first-order valence-corrected chi connectivity index (χ1v) is 8.24. The highest BCUT2D eigenvalue weighted by Crippen LogP contribution is 2.14. The van der Waals surface area contributed by atoms with E-state index in [0.29, 0.717) is 17.9 Å². The average molecular weight is 301 g/mol. The quantitative estimate of drug-likeness (QED) is 0.437. The van der Waals surface area contributed by atoms with Gasteiger partial charge < -0.3 is 15.2 Å². The average Bonchev–Trinajstić information content (AvgIpc) is 2.34. The first-order chi connectivity index (χ1) is 9.37. The molecule has 0 saturated heterocycles. The fraction of sp³-hybridized carbons (Fsp3) is 0.462. The molecular weight excluding hydrogens is 282 g/mol. The molecule has 20 heavy (non-hydrogen) atoms. The van der Waals surface area contributed by atoms with Crippen LogP contribution < -0.4 is 10.5 Å². The summed E-state index contributed by atoms with van der Waals surface area (Å²) < 4.78 is 32.0. The third-order valence-corrected chi connectivity index (χ3v) is 3.39. The van der Waals surface area contributed by atoms with E-state index in [-0.39, 0.29) is 25.4 Å². The van der Waals surface area contributed by atoms with Crippen molar-refractivity contribution in [1.29, 1.82) is 0 Å². The van der Waals surface area contributed by atoms with Crippen LogP contribution in [-0.2, 0) is 19.4 Å². The molecule has 0 spiro atoms. The van der Waals surface area contributed by atoms with E-state index in [2.05, 4.69) is 0 Å². The minimum absolute atomic E-state index is 0.0140. The van der Waals surface area contributed by atoms with Crippen molar-refractivity contribution in [3.63, 3.8) is 0 Å². The van der Waals surface area contributed by atoms with Gasteiger partial charge in [-0.25, -0.2) is 8.42 Å². The van der Waals surface area contributed by atoms with Gasteiger partial charge in [-0.1, -0.05) is 6.07 Å². The van der Waals surface area contributed by atoms with E-state index in [1.807, 2.05) is 0 Å². The Balaban J connectivity index is 2.14. The second-order valence-electron chi connectivity index (χ2n) is 4.37. The molecule has 0 unspecified atom stereocenters. The van der Waals surface area contributed by atoms with E-state index < -0.39 is 15.8 Å². The van der Waals surface area contributed by atoms with Crippen LogP contribution in [0.1, 0.15) is 12.8 Å². The Morgan fingerprint density at radius 2 is 2.05 bits per heavy atom. The predicted molar refractivity (Wildman–Crippen MR) is 76.3 cm³/mol. The smallest absolute Gasteiger partial charge is 0.309 e. The summed E-state index contributed by atoms with van der Waals surface area (Å²) in [5.41, 5.74) is 6.17. The third-order valence-electron chi connectivity index (χ3n) is 2.36. The van der Waals surface area contributed by atoms with Crippen LogP contribution in [0.5, 0.6) is 5.75 Å². The number of anilines is 1. The summed E-state index contributed by atoms with van der Waals surface area (Å²) in [6.45, 7) is 0.290. The Morgan fingerprint density at radius 1 is 1.30 bits per heavy atom. The SMILES string of the molecule is CS(=O)(=O)CCCOC(=O)CCOc1cccc(N)c1. The number of nitrogen functional groups attached to an aromatic ring is 1. The number of carbonyl (C=O) groups is 1. The first kappa shape index (κ1) is 16.3. The van der Waals surface area contributed by atoms with Gasteiger partial charge >= 0.3 is 5.97 Å². The molecule has 0 heterocycles. The number of carbonyl (C=O) groups excluding carboxylic acids is 1. The van der Waals surface area contributed by atoms with Crippen molar-refractivity contribution in [2.24, 2.45) is 0 Å². The molecule has 0 bridgehead atoms. The number of nitrogens with two attached hydrogens (primary N) is 1. The lowest BCUT2D eigenvalue weighted by Crippen LogP contribution is -2.13. The lowest BCUT2D eigenvalue weighted by atomic mass is 10.3. The van der Waals surface area contributed by atoms with Crippen molar-refractivity contribution in [2.75, 3.05) is 31.0 Å². The molecule has 0 aliphatic heterocycles. The molecule has 0 aliphatic carbocycles. The molecule has 0 aliphatic rings. The van der Waals surface area contributed by atoms with Gasteiger partial charge in [0.25, 0.3) is 0 Å². The predicted octanol–water partition coefficient (Wildman–Crippen LogP) is 1.02. The summed E-state index contributed by atoms with van der Waals surface area (Å²) >= 11 is 0. The standard InChI is InChI=1S/C13H19NO5S/c1-20(16,17)9-3-7-19-13(15)6-8-18-12-5-2-4-11(14)10-12/h2,4-5,10H,3,6-9,14H2,1H3. The van der Waals surface area contributed by atoms with Gasteiger partial charge in [0.2, 0.25) is 0 Å². The summed E-state index contributed by atoms with van der Waals surface area (Å²) in [5, 5.41) is 0. The lowest BCUT2D eigenvalue weighted by molar-refractivity contribution is -0.144. The molecule has 6 nitrogen and oxygen atoms in total. The van der Waals surface area contributed by atoms with E-state index in [1.165, 1.54) is 0 Å². The van der Waals surface area contributed by atoms with Crippen LogP contribution in [-0.4, -0.2) is 39.6 Å². The van der Waals surface area contributed by atoms with E-state index >= 15 is 0 Å². The van der Waals surface area contributed by atoms with Crippen molar-refractivity contribution in [2.45, 2.75) is 12.8 Å². The van der Waals surface area contributed by atoms with Gasteiger partial charge in [-0.3, -0.25) is 4.79 Å². The van der Waals surface area contributed by atoms with E-state index in [0.717, 1.165) is 6.26 Å². The van der Waals surface area contributed by atoms with Crippen LogP contribution >= 0.6 is 0 Å². The highest BCUT2D eigenvalue weighted by atomic mass is 32.2. The number of esters is 1. The van der Waals surface area contributed by atoms with Crippen molar-refractivity contribution in [3.05, 3.63) is 24.3 Å². The summed E-state index contributed by atoms with van der Waals surface area (Å²) in [5.74, 6) is 0.192. The van der Waals surface area contributed by atoms with Crippen molar-refractivity contribution < 1.29 is 22.7 Å². The van der Waals surface area contributed by atoms with Crippen LogP contribution in [0, 0.1) is 0 Å². The van der Waals surface area contributed by atoms with Gasteiger partial charge in [0.1, 0.15) is 15.6 Å². The number of benzene rings is 1. The highest BCUT2D eigenvalue weighted by Gasteiger charge is 2.06. The zero-order chi connectivity index (χ0) is 15.0. The van der Waals surface area contributed by atoms with Gasteiger partial charge in [-0.2, -0.15) is 0 Å². The lowest BCUT2D eigenvalue weighted by Gasteiger charge is -2.07. The molecule has 0 amide bonds. The molecule has 1 aromatic rings. The molecule has 0 fully saturated rings. The summed E-state index contributed by atoms with van der Waals surface area (Å²) in [6, 6.07) is 6.91. The molecule has 0 aromatic heterocycles. The van der Waals surface area contributed by atoms with Crippen LogP contribution in [0.15, 0.2) is 24.3 Å². The molecule has 112 valence electrons. The Labute approximate surface area is 118 Å².